The van der Waals surface area contributed by atoms with Crippen LogP contribution >= 0.6 is 0 Å². The number of phenols is 1. The highest BCUT2D eigenvalue weighted by Gasteiger charge is 2.14. The molecule has 0 aliphatic heterocycles. The number of nitrogen functional groups attached to an aromatic ring is 1. The maximum absolute atomic E-state index is 13.0. The molecule has 0 bridgehead atoms. The van der Waals surface area contributed by atoms with E-state index in [4.69, 9.17) is 16.7 Å². The topological polar surface area (TPSA) is 96.1 Å². The summed E-state index contributed by atoms with van der Waals surface area (Å²) in [7, 11) is 0. The minimum absolute atomic E-state index is 0.00352. The second-order valence-electron chi connectivity index (χ2n) is 2.91. The summed E-state index contributed by atoms with van der Waals surface area (Å²) >= 11 is 0. The quantitative estimate of drug-likeness (QED) is 0.485. The molecule has 0 amide bonds. The second kappa shape index (κ2) is 3.94. The Labute approximate surface area is 80.6 Å². The average Bonchev–Trinajstić information content (AvgIpc) is 2.11. The van der Waals surface area contributed by atoms with Crippen molar-refractivity contribution in [2.24, 2.45) is 5.73 Å². The lowest BCUT2D eigenvalue weighted by atomic mass is 10.0. The van der Waals surface area contributed by atoms with Crippen molar-refractivity contribution >= 4 is 5.69 Å². The van der Waals surface area contributed by atoms with E-state index in [1.54, 1.807) is 0 Å². The van der Waals surface area contributed by atoms with Gasteiger partial charge in [-0.3, -0.25) is 0 Å². The second-order valence-corrected chi connectivity index (χ2v) is 2.91. The standard InChI is InChI=1S/C9H10FN3O/c10-7-4-5(12)3-6(9(7)14)8(13)1-2-11/h3-4,8,14H,1,12-13H2/t8-/m1/s1. The zero-order valence-electron chi connectivity index (χ0n) is 7.37. The van der Waals surface area contributed by atoms with E-state index in [0.29, 0.717) is 0 Å². The van der Waals surface area contributed by atoms with Crippen molar-refractivity contribution in [2.75, 3.05) is 5.73 Å². The molecule has 5 heteroatoms. The van der Waals surface area contributed by atoms with Gasteiger partial charge >= 0.3 is 0 Å². The predicted octanol–water partition coefficient (Wildman–Crippen LogP) is 1.03. The van der Waals surface area contributed by atoms with Gasteiger partial charge in [0.25, 0.3) is 0 Å². The Kier molecular flexibility index (Phi) is 2.89. The first kappa shape index (κ1) is 10.3. The van der Waals surface area contributed by atoms with Gasteiger partial charge in [-0.15, -0.1) is 0 Å². The first-order valence-electron chi connectivity index (χ1n) is 3.96. The number of hydrogen-bond donors (Lipinski definition) is 3. The minimum atomic E-state index is -0.826. The number of hydrogen-bond acceptors (Lipinski definition) is 4. The summed E-state index contributed by atoms with van der Waals surface area (Å²) in [6.45, 7) is 0. The molecule has 0 saturated heterocycles. The van der Waals surface area contributed by atoms with Gasteiger partial charge in [0.05, 0.1) is 12.5 Å². The fourth-order valence-corrected chi connectivity index (χ4v) is 1.13. The molecule has 1 aromatic rings. The van der Waals surface area contributed by atoms with Crippen LogP contribution in [0.3, 0.4) is 0 Å². The van der Waals surface area contributed by atoms with Crippen LogP contribution in [0.15, 0.2) is 12.1 Å². The summed E-state index contributed by atoms with van der Waals surface area (Å²) in [4.78, 5) is 0. The number of nitrogens with two attached hydrogens (primary N) is 2. The molecule has 0 saturated carbocycles. The Morgan fingerprint density at radius 3 is 2.79 bits per heavy atom. The number of anilines is 1. The molecule has 0 radical (unpaired) electrons. The normalized spacial score (nSPS) is 12.1. The number of aromatic hydroxyl groups is 1. The molecule has 0 unspecified atom stereocenters. The van der Waals surface area contributed by atoms with Crippen LogP contribution in [0.4, 0.5) is 10.1 Å². The van der Waals surface area contributed by atoms with Crippen molar-refractivity contribution in [2.45, 2.75) is 12.5 Å². The molecule has 1 atom stereocenters. The van der Waals surface area contributed by atoms with E-state index in [1.165, 1.54) is 6.07 Å². The minimum Gasteiger partial charge on any atom is -0.505 e. The van der Waals surface area contributed by atoms with Crippen molar-refractivity contribution in [1.82, 2.24) is 0 Å². The fraction of sp³-hybridized carbons (Fsp3) is 0.222. The van der Waals surface area contributed by atoms with Gasteiger partial charge in [0.15, 0.2) is 11.6 Å². The number of nitriles is 1. The SMILES string of the molecule is N#CC[C@@H](N)c1cc(N)cc(F)c1O. The average molecular weight is 195 g/mol. The van der Waals surface area contributed by atoms with Gasteiger partial charge < -0.3 is 16.6 Å². The van der Waals surface area contributed by atoms with Crippen LogP contribution in [0.5, 0.6) is 5.75 Å². The Morgan fingerprint density at radius 1 is 1.57 bits per heavy atom. The number of nitrogens with zero attached hydrogens (tertiary/aromatic N) is 1. The lowest BCUT2D eigenvalue weighted by Gasteiger charge is -2.11. The Hall–Kier alpha value is -1.80. The molecule has 5 N–H and O–H groups in total. The van der Waals surface area contributed by atoms with Crippen LogP contribution in [0, 0.1) is 17.1 Å². The Bertz CT molecular complexity index is 386. The molecule has 0 fully saturated rings. The van der Waals surface area contributed by atoms with E-state index < -0.39 is 17.6 Å². The molecule has 4 nitrogen and oxygen atoms in total. The summed E-state index contributed by atoms with van der Waals surface area (Å²) in [5.74, 6) is -1.37. The van der Waals surface area contributed by atoms with E-state index in [-0.39, 0.29) is 17.7 Å². The first-order valence-corrected chi connectivity index (χ1v) is 3.96. The van der Waals surface area contributed by atoms with Gasteiger partial charge in [-0.25, -0.2) is 4.39 Å². The monoisotopic (exact) mass is 195 g/mol. The maximum atomic E-state index is 13.0. The van der Waals surface area contributed by atoms with Crippen LogP contribution < -0.4 is 11.5 Å². The van der Waals surface area contributed by atoms with Gasteiger partial charge in [-0.05, 0) is 6.07 Å². The molecule has 1 aromatic carbocycles. The molecule has 74 valence electrons. The lowest BCUT2D eigenvalue weighted by molar-refractivity contribution is 0.421. The highest BCUT2D eigenvalue weighted by Crippen LogP contribution is 2.29. The van der Waals surface area contributed by atoms with Crippen LogP contribution in [0.2, 0.25) is 0 Å². The third-order valence-corrected chi connectivity index (χ3v) is 1.83. The molecule has 0 heterocycles. The molecular formula is C9H10FN3O. The molecule has 0 aliphatic carbocycles. The van der Waals surface area contributed by atoms with Crippen molar-refractivity contribution in [1.29, 1.82) is 5.26 Å². The summed E-state index contributed by atoms with van der Waals surface area (Å²) in [5, 5.41) is 17.7. The molecular weight excluding hydrogens is 185 g/mol. The smallest absolute Gasteiger partial charge is 0.167 e. The zero-order valence-corrected chi connectivity index (χ0v) is 7.37. The van der Waals surface area contributed by atoms with E-state index in [2.05, 4.69) is 0 Å². The lowest BCUT2D eigenvalue weighted by Crippen LogP contribution is -2.10. The van der Waals surface area contributed by atoms with Crippen molar-refractivity contribution in [3.05, 3.63) is 23.5 Å². The van der Waals surface area contributed by atoms with Crippen LogP contribution in [-0.4, -0.2) is 5.11 Å². The van der Waals surface area contributed by atoms with Crippen LogP contribution in [-0.2, 0) is 0 Å². The zero-order chi connectivity index (χ0) is 10.7. The number of benzene rings is 1. The molecule has 14 heavy (non-hydrogen) atoms. The largest absolute Gasteiger partial charge is 0.505 e. The summed E-state index contributed by atoms with van der Waals surface area (Å²) < 4.78 is 13.0. The molecule has 1 rings (SSSR count). The Balaban J connectivity index is 3.14. The summed E-state index contributed by atoms with van der Waals surface area (Å²) in [5.41, 5.74) is 11.2. The van der Waals surface area contributed by atoms with Gasteiger partial charge in [-0.2, -0.15) is 5.26 Å². The highest BCUT2D eigenvalue weighted by atomic mass is 19.1. The summed E-state index contributed by atoms with van der Waals surface area (Å²) in [6, 6.07) is 3.47. The van der Waals surface area contributed by atoms with E-state index >= 15 is 0 Å². The molecule has 0 spiro atoms. The first-order chi connectivity index (χ1) is 6.56. The molecule has 0 aromatic heterocycles. The van der Waals surface area contributed by atoms with Gasteiger partial charge in [0.1, 0.15) is 0 Å². The number of phenolic OH excluding ortho intramolecular Hbond substituents is 1. The van der Waals surface area contributed by atoms with Gasteiger partial charge in [0, 0.05) is 23.4 Å². The van der Waals surface area contributed by atoms with Crippen molar-refractivity contribution < 1.29 is 9.50 Å². The Morgan fingerprint density at radius 2 is 2.21 bits per heavy atom. The fourth-order valence-electron chi connectivity index (χ4n) is 1.13. The van der Waals surface area contributed by atoms with Crippen LogP contribution in [0.25, 0.3) is 0 Å². The number of halogens is 1. The van der Waals surface area contributed by atoms with Crippen molar-refractivity contribution in [3.8, 4) is 11.8 Å². The third kappa shape index (κ3) is 1.92. The van der Waals surface area contributed by atoms with E-state index in [9.17, 15) is 9.50 Å². The van der Waals surface area contributed by atoms with E-state index in [1.807, 2.05) is 6.07 Å². The highest BCUT2D eigenvalue weighted by molar-refractivity contribution is 5.49. The van der Waals surface area contributed by atoms with Crippen LogP contribution in [0.1, 0.15) is 18.0 Å². The summed E-state index contributed by atoms with van der Waals surface area (Å²) in [6.07, 6.45) is -0.00352. The third-order valence-electron chi connectivity index (χ3n) is 1.83. The van der Waals surface area contributed by atoms with E-state index in [0.717, 1.165) is 6.07 Å². The predicted molar refractivity (Wildman–Crippen MR) is 49.6 cm³/mol. The van der Waals surface area contributed by atoms with Crippen molar-refractivity contribution in [3.63, 3.8) is 0 Å². The maximum Gasteiger partial charge on any atom is 0.167 e. The molecule has 0 aliphatic rings. The van der Waals surface area contributed by atoms with Gasteiger partial charge in [0.2, 0.25) is 0 Å². The van der Waals surface area contributed by atoms with Gasteiger partial charge in [-0.1, -0.05) is 0 Å². The number of rotatable bonds is 2.